The molecule has 8 heteroatoms. The smallest absolute Gasteiger partial charge is 0.449 e. The highest BCUT2D eigenvalue weighted by Crippen LogP contribution is 2.31. The molecule has 0 saturated carbocycles. The number of fused-ring (bicyclic) bond motifs is 1. The highest BCUT2D eigenvalue weighted by molar-refractivity contribution is 9.10. The molecule has 0 spiro atoms. The monoisotopic (exact) mass is 412 g/mol. The van der Waals surface area contributed by atoms with Gasteiger partial charge in [0.15, 0.2) is 0 Å². The van der Waals surface area contributed by atoms with Crippen molar-refractivity contribution in [3.8, 4) is 0 Å². The van der Waals surface area contributed by atoms with Gasteiger partial charge < -0.3 is 9.30 Å². The third-order valence-corrected chi connectivity index (χ3v) is 4.04. The zero-order chi connectivity index (χ0) is 18.0. The molecular formula is C17H12BrF3N2O2. The van der Waals surface area contributed by atoms with E-state index in [0.717, 1.165) is 14.6 Å². The Morgan fingerprint density at radius 2 is 1.80 bits per heavy atom. The Bertz CT molecular complexity index is 904. The molecular weight excluding hydrogens is 401 g/mol. The van der Waals surface area contributed by atoms with Crippen molar-refractivity contribution >= 4 is 32.9 Å². The van der Waals surface area contributed by atoms with Crippen molar-refractivity contribution in [2.45, 2.75) is 19.3 Å². The highest BCUT2D eigenvalue weighted by Gasteiger charge is 2.38. The molecule has 0 atom stereocenters. The van der Waals surface area contributed by atoms with Crippen molar-refractivity contribution < 1.29 is 22.7 Å². The number of nitrogens with zero attached hydrogens (tertiary/aromatic N) is 2. The summed E-state index contributed by atoms with van der Waals surface area (Å²) in [4.78, 5) is 15.6. The second kappa shape index (κ2) is 6.87. The number of esters is 1. The predicted octanol–water partition coefficient (Wildman–Crippen LogP) is 4.56. The topological polar surface area (TPSA) is 44.1 Å². The summed E-state index contributed by atoms with van der Waals surface area (Å²) in [6, 6.07) is 13.2. The molecule has 0 fully saturated rings. The average molecular weight is 413 g/mol. The van der Waals surface area contributed by atoms with Crippen LogP contribution in [0.4, 0.5) is 13.2 Å². The van der Waals surface area contributed by atoms with E-state index in [4.69, 9.17) is 4.74 Å². The van der Waals surface area contributed by atoms with E-state index in [1.807, 2.05) is 0 Å². The van der Waals surface area contributed by atoms with E-state index in [1.54, 1.807) is 36.4 Å². The van der Waals surface area contributed by atoms with E-state index in [9.17, 15) is 18.0 Å². The van der Waals surface area contributed by atoms with Gasteiger partial charge in [0.2, 0.25) is 5.82 Å². The fraction of sp³-hybridized carbons (Fsp3) is 0.176. The van der Waals surface area contributed by atoms with Crippen molar-refractivity contribution in [2.24, 2.45) is 0 Å². The van der Waals surface area contributed by atoms with E-state index >= 15 is 0 Å². The number of halogens is 4. The van der Waals surface area contributed by atoms with Crippen LogP contribution in [0.3, 0.4) is 0 Å². The standard InChI is InChI=1S/C17H12BrF3N2O2/c18-12-7-5-11(6-8-12)10-25-15(24)9-23-14-4-2-1-3-13(14)22-16(23)17(19,20)21/h1-8H,9-10H2. The van der Waals surface area contributed by atoms with Gasteiger partial charge in [-0.1, -0.05) is 40.2 Å². The Balaban J connectivity index is 1.79. The molecule has 1 aromatic heterocycles. The fourth-order valence-corrected chi connectivity index (χ4v) is 2.64. The van der Waals surface area contributed by atoms with Crippen LogP contribution in [0.25, 0.3) is 11.0 Å². The zero-order valence-corrected chi connectivity index (χ0v) is 14.3. The third kappa shape index (κ3) is 4.01. The summed E-state index contributed by atoms with van der Waals surface area (Å²) in [6.07, 6.45) is -4.66. The minimum Gasteiger partial charge on any atom is -0.459 e. The quantitative estimate of drug-likeness (QED) is 0.590. The van der Waals surface area contributed by atoms with E-state index < -0.39 is 24.5 Å². The van der Waals surface area contributed by atoms with Crippen LogP contribution in [0.1, 0.15) is 11.4 Å². The van der Waals surface area contributed by atoms with Crippen molar-refractivity contribution in [3.63, 3.8) is 0 Å². The van der Waals surface area contributed by atoms with Crippen LogP contribution in [-0.2, 0) is 28.9 Å². The van der Waals surface area contributed by atoms with E-state index in [-0.39, 0.29) is 17.6 Å². The predicted molar refractivity (Wildman–Crippen MR) is 88.7 cm³/mol. The molecule has 4 nitrogen and oxygen atoms in total. The van der Waals surface area contributed by atoms with Gasteiger partial charge in [-0.2, -0.15) is 13.2 Å². The maximum absolute atomic E-state index is 13.2. The maximum Gasteiger partial charge on any atom is 0.449 e. The van der Waals surface area contributed by atoms with Gasteiger partial charge in [0.25, 0.3) is 0 Å². The number of alkyl halides is 3. The van der Waals surface area contributed by atoms with Gasteiger partial charge >= 0.3 is 12.1 Å². The number of hydrogen-bond acceptors (Lipinski definition) is 3. The van der Waals surface area contributed by atoms with Crippen molar-refractivity contribution in [1.82, 2.24) is 9.55 Å². The summed E-state index contributed by atoms with van der Waals surface area (Å²) in [5.41, 5.74) is 1.15. The Morgan fingerprint density at radius 3 is 2.48 bits per heavy atom. The van der Waals surface area contributed by atoms with Gasteiger partial charge in [0.1, 0.15) is 13.2 Å². The number of hydrogen-bond donors (Lipinski definition) is 0. The van der Waals surface area contributed by atoms with Gasteiger partial charge in [-0.25, -0.2) is 4.98 Å². The molecule has 0 unspecified atom stereocenters. The van der Waals surface area contributed by atoms with Crippen molar-refractivity contribution in [1.29, 1.82) is 0 Å². The van der Waals surface area contributed by atoms with Crippen LogP contribution in [0.15, 0.2) is 53.0 Å². The first-order valence-electron chi connectivity index (χ1n) is 7.27. The summed E-state index contributed by atoms with van der Waals surface area (Å²) < 4.78 is 46.4. The highest BCUT2D eigenvalue weighted by atomic mass is 79.9. The summed E-state index contributed by atoms with van der Waals surface area (Å²) in [5, 5.41) is 0. The van der Waals surface area contributed by atoms with Crippen LogP contribution < -0.4 is 0 Å². The maximum atomic E-state index is 13.2. The molecule has 25 heavy (non-hydrogen) atoms. The van der Waals surface area contributed by atoms with E-state index in [2.05, 4.69) is 20.9 Å². The Morgan fingerprint density at radius 1 is 1.12 bits per heavy atom. The van der Waals surface area contributed by atoms with Crippen LogP contribution in [0.5, 0.6) is 0 Å². The van der Waals surface area contributed by atoms with Gasteiger partial charge in [-0.05, 0) is 29.8 Å². The number of ether oxygens (including phenoxy) is 1. The third-order valence-electron chi connectivity index (χ3n) is 3.51. The van der Waals surface area contributed by atoms with Gasteiger partial charge in [-0.3, -0.25) is 4.79 Å². The zero-order valence-electron chi connectivity index (χ0n) is 12.8. The molecule has 2 aromatic carbocycles. The molecule has 0 aliphatic rings. The Kier molecular flexibility index (Phi) is 4.80. The van der Waals surface area contributed by atoms with E-state index in [1.165, 1.54) is 12.1 Å². The fourth-order valence-electron chi connectivity index (χ4n) is 2.37. The molecule has 0 aliphatic carbocycles. The Hall–Kier alpha value is -2.35. The lowest BCUT2D eigenvalue weighted by Crippen LogP contribution is -2.20. The Labute approximate surface area is 149 Å². The molecule has 0 bridgehead atoms. The number of benzene rings is 2. The van der Waals surface area contributed by atoms with Crippen molar-refractivity contribution in [3.05, 3.63) is 64.4 Å². The lowest BCUT2D eigenvalue weighted by molar-refractivity contribution is -0.151. The molecule has 0 radical (unpaired) electrons. The lowest BCUT2D eigenvalue weighted by Gasteiger charge is -2.11. The van der Waals surface area contributed by atoms with Crippen LogP contribution in [-0.4, -0.2) is 15.5 Å². The number of para-hydroxylation sites is 2. The minimum absolute atomic E-state index is 0.0138. The summed E-state index contributed by atoms with van der Waals surface area (Å²) in [7, 11) is 0. The number of carbonyl (C=O) groups is 1. The second-order valence-electron chi connectivity index (χ2n) is 5.30. The largest absolute Gasteiger partial charge is 0.459 e. The summed E-state index contributed by atoms with van der Waals surface area (Å²) in [5.74, 6) is -1.88. The molecule has 130 valence electrons. The molecule has 3 rings (SSSR count). The molecule has 0 N–H and O–H groups in total. The first-order valence-corrected chi connectivity index (χ1v) is 8.06. The van der Waals surface area contributed by atoms with Crippen LogP contribution >= 0.6 is 15.9 Å². The average Bonchev–Trinajstić information content (AvgIpc) is 2.93. The molecule has 0 saturated heterocycles. The molecule has 3 aromatic rings. The first kappa shape index (κ1) is 17.5. The van der Waals surface area contributed by atoms with E-state index in [0.29, 0.717) is 0 Å². The van der Waals surface area contributed by atoms with Gasteiger partial charge in [-0.15, -0.1) is 0 Å². The normalized spacial score (nSPS) is 11.7. The van der Waals surface area contributed by atoms with Crippen LogP contribution in [0.2, 0.25) is 0 Å². The summed E-state index contributed by atoms with van der Waals surface area (Å²) >= 11 is 3.29. The number of aromatic nitrogens is 2. The first-order chi connectivity index (χ1) is 11.8. The van der Waals surface area contributed by atoms with Crippen molar-refractivity contribution in [2.75, 3.05) is 0 Å². The van der Waals surface area contributed by atoms with Crippen LogP contribution in [0, 0.1) is 0 Å². The lowest BCUT2D eigenvalue weighted by atomic mass is 10.2. The summed E-state index contributed by atoms with van der Waals surface area (Å²) in [6.45, 7) is -0.577. The minimum atomic E-state index is -4.66. The molecule has 0 amide bonds. The number of rotatable bonds is 4. The van der Waals surface area contributed by atoms with Gasteiger partial charge in [0, 0.05) is 4.47 Å². The molecule has 1 heterocycles. The molecule has 0 aliphatic heterocycles. The SMILES string of the molecule is O=C(Cn1c(C(F)(F)F)nc2ccccc21)OCc1ccc(Br)cc1. The number of carbonyl (C=O) groups excluding carboxylic acids is 1. The number of imidazole rings is 1. The van der Waals surface area contributed by atoms with Gasteiger partial charge in [0.05, 0.1) is 11.0 Å². The second-order valence-corrected chi connectivity index (χ2v) is 6.21.